The van der Waals surface area contributed by atoms with Crippen molar-refractivity contribution in [3.05, 3.63) is 77.7 Å². The molecule has 0 spiro atoms. The number of nitrogens with zero attached hydrogens (tertiary/aromatic N) is 3. The molecular weight excluding hydrogens is 414 g/mol. The van der Waals surface area contributed by atoms with Crippen LogP contribution in [0, 0.1) is 6.92 Å². The zero-order chi connectivity index (χ0) is 23.0. The fraction of sp³-hybridized carbons (Fsp3) is 0.308. The molecule has 0 atom stereocenters. The number of para-hydroxylation sites is 1. The number of anilines is 1. The highest BCUT2D eigenvalue weighted by Crippen LogP contribution is 2.20. The molecule has 2 heterocycles. The van der Waals surface area contributed by atoms with Gasteiger partial charge in [0.2, 0.25) is 0 Å². The first-order valence-electron chi connectivity index (χ1n) is 11.4. The fourth-order valence-corrected chi connectivity index (χ4v) is 3.95. The molecule has 0 saturated carbocycles. The first kappa shape index (κ1) is 22.6. The number of aryl methyl sites for hydroxylation is 1. The van der Waals surface area contributed by atoms with Gasteiger partial charge in [0.15, 0.2) is 0 Å². The third-order valence-corrected chi connectivity index (χ3v) is 5.78. The number of benzene rings is 2. The van der Waals surface area contributed by atoms with Gasteiger partial charge in [0.25, 0.3) is 11.8 Å². The van der Waals surface area contributed by atoms with Gasteiger partial charge in [-0.3, -0.25) is 14.6 Å². The zero-order valence-corrected chi connectivity index (χ0v) is 18.9. The Hall–Kier alpha value is -3.58. The van der Waals surface area contributed by atoms with E-state index in [1.165, 1.54) is 19.3 Å². The number of nitrogens with one attached hydrogen (secondary N) is 2. The van der Waals surface area contributed by atoms with Crippen LogP contribution in [0.25, 0.3) is 11.3 Å². The Balaban J connectivity index is 1.44. The Morgan fingerprint density at radius 1 is 0.970 bits per heavy atom. The minimum absolute atomic E-state index is 0.115. The number of carbonyl (C=O) groups is 2. The van der Waals surface area contributed by atoms with E-state index < -0.39 is 0 Å². The minimum Gasteiger partial charge on any atom is -0.351 e. The molecule has 1 fully saturated rings. The van der Waals surface area contributed by atoms with Gasteiger partial charge in [0.1, 0.15) is 5.69 Å². The van der Waals surface area contributed by atoms with Crippen molar-refractivity contribution in [2.24, 2.45) is 0 Å². The number of aromatic nitrogens is 2. The molecular formula is C26H29N5O2. The molecule has 0 unspecified atom stereocenters. The highest BCUT2D eigenvalue weighted by Gasteiger charge is 2.16. The van der Waals surface area contributed by atoms with Gasteiger partial charge in [-0.2, -0.15) is 0 Å². The maximum Gasteiger partial charge on any atom is 0.276 e. The quantitative estimate of drug-likeness (QED) is 0.578. The lowest BCUT2D eigenvalue weighted by Crippen LogP contribution is -2.37. The number of carbonyl (C=O) groups excluding carboxylic acids is 2. The fourth-order valence-electron chi connectivity index (χ4n) is 3.95. The van der Waals surface area contributed by atoms with E-state index in [4.69, 9.17) is 0 Å². The lowest BCUT2D eigenvalue weighted by molar-refractivity contribution is 0.0945. The average Bonchev–Trinajstić information content (AvgIpc) is 2.85. The summed E-state index contributed by atoms with van der Waals surface area (Å²) in [6.07, 6.45) is 5.40. The van der Waals surface area contributed by atoms with Gasteiger partial charge in [-0.05, 0) is 57.1 Å². The smallest absolute Gasteiger partial charge is 0.276 e. The van der Waals surface area contributed by atoms with E-state index in [1.807, 2.05) is 42.5 Å². The monoisotopic (exact) mass is 443 g/mol. The highest BCUT2D eigenvalue weighted by atomic mass is 16.2. The van der Waals surface area contributed by atoms with Crippen LogP contribution in [0.3, 0.4) is 0 Å². The van der Waals surface area contributed by atoms with Crippen molar-refractivity contribution in [3.63, 3.8) is 0 Å². The van der Waals surface area contributed by atoms with Crippen LogP contribution < -0.4 is 10.6 Å². The van der Waals surface area contributed by atoms with Gasteiger partial charge in [0.05, 0.1) is 17.6 Å². The van der Waals surface area contributed by atoms with Gasteiger partial charge in [-0.1, -0.05) is 36.8 Å². The van der Waals surface area contributed by atoms with E-state index in [-0.39, 0.29) is 17.5 Å². The van der Waals surface area contributed by atoms with Crippen molar-refractivity contribution in [3.8, 4) is 11.3 Å². The second-order valence-electron chi connectivity index (χ2n) is 8.25. The summed E-state index contributed by atoms with van der Waals surface area (Å²) in [6.45, 7) is 5.46. The Labute approximate surface area is 194 Å². The first-order chi connectivity index (χ1) is 16.1. The van der Waals surface area contributed by atoms with Crippen molar-refractivity contribution in [2.75, 3.05) is 31.5 Å². The Morgan fingerprint density at radius 2 is 1.76 bits per heavy atom. The number of hydrogen-bond acceptors (Lipinski definition) is 5. The summed E-state index contributed by atoms with van der Waals surface area (Å²) in [5.74, 6) is -0.435. The van der Waals surface area contributed by atoms with Gasteiger partial charge >= 0.3 is 0 Å². The molecule has 7 nitrogen and oxygen atoms in total. The van der Waals surface area contributed by atoms with Gasteiger partial charge in [-0.15, -0.1) is 0 Å². The molecule has 3 aromatic rings. The predicted octanol–water partition coefficient (Wildman–Crippen LogP) is 3.92. The summed E-state index contributed by atoms with van der Waals surface area (Å²) in [5, 5.41) is 5.86. The molecule has 4 rings (SSSR count). The normalized spacial score (nSPS) is 14.0. The van der Waals surface area contributed by atoms with Gasteiger partial charge in [-0.25, -0.2) is 4.98 Å². The minimum atomic E-state index is -0.320. The standard InChI is InChI=1S/C26H29N5O2/c1-19-24(26(33)29-22-11-4-2-5-12-22)30-23(18-28-19)20-9-8-10-21(17-20)25(32)27-13-16-31-14-6-3-7-15-31/h2,4-5,8-12,17-18H,3,6-7,13-16H2,1H3,(H,27,32)(H,29,33). The lowest BCUT2D eigenvalue weighted by atomic mass is 10.1. The second-order valence-corrected chi connectivity index (χ2v) is 8.25. The zero-order valence-electron chi connectivity index (χ0n) is 18.9. The Bertz CT molecular complexity index is 1110. The molecule has 0 radical (unpaired) electrons. The van der Waals surface area contributed by atoms with Gasteiger partial charge in [0, 0.05) is 29.9 Å². The summed E-state index contributed by atoms with van der Waals surface area (Å²) in [6, 6.07) is 16.5. The largest absolute Gasteiger partial charge is 0.351 e. The SMILES string of the molecule is Cc1ncc(-c2cccc(C(=O)NCCN3CCCCC3)c2)nc1C(=O)Nc1ccccc1. The summed E-state index contributed by atoms with van der Waals surface area (Å²) in [4.78, 5) is 36.7. The van der Waals surface area contributed by atoms with Crippen LogP contribution in [-0.2, 0) is 0 Å². The molecule has 7 heteroatoms. The van der Waals surface area contributed by atoms with Crippen molar-refractivity contribution in [1.29, 1.82) is 0 Å². The number of likely N-dealkylation sites (tertiary alicyclic amines) is 1. The van der Waals surface area contributed by atoms with Crippen LogP contribution in [0.15, 0.2) is 60.8 Å². The average molecular weight is 444 g/mol. The van der Waals surface area contributed by atoms with E-state index in [0.717, 1.165) is 25.2 Å². The summed E-state index contributed by atoms with van der Waals surface area (Å²) < 4.78 is 0. The van der Waals surface area contributed by atoms with E-state index in [2.05, 4.69) is 25.5 Å². The van der Waals surface area contributed by atoms with Crippen LogP contribution in [-0.4, -0.2) is 52.9 Å². The van der Waals surface area contributed by atoms with Crippen molar-refractivity contribution in [1.82, 2.24) is 20.2 Å². The Kier molecular flexibility index (Phi) is 7.42. The maximum atomic E-state index is 12.8. The third kappa shape index (κ3) is 6.02. The van der Waals surface area contributed by atoms with Crippen LogP contribution in [0.4, 0.5) is 5.69 Å². The van der Waals surface area contributed by atoms with Crippen molar-refractivity contribution in [2.45, 2.75) is 26.2 Å². The van der Waals surface area contributed by atoms with E-state index in [1.54, 1.807) is 25.3 Å². The number of hydrogen-bond donors (Lipinski definition) is 2. The summed E-state index contributed by atoms with van der Waals surface area (Å²) in [5.41, 5.74) is 3.33. The molecule has 33 heavy (non-hydrogen) atoms. The molecule has 0 aliphatic carbocycles. The number of amides is 2. The summed E-state index contributed by atoms with van der Waals surface area (Å²) >= 11 is 0. The topological polar surface area (TPSA) is 87.2 Å². The number of piperidine rings is 1. The molecule has 1 saturated heterocycles. The van der Waals surface area contributed by atoms with E-state index >= 15 is 0 Å². The molecule has 1 aromatic heterocycles. The molecule has 2 aromatic carbocycles. The third-order valence-electron chi connectivity index (χ3n) is 5.78. The van der Waals surface area contributed by atoms with Crippen LogP contribution in [0.2, 0.25) is 0 Å². The summed E-state index contributed by atoms with van der Waals surface area (Å²) in [7, 11) is 0. The van der Waals surface area contributed by atoms with Crippen molar-refractivity contribution < 1.29 is 9.59 Å². The predicted molar refractivity (Wildman–Crippen MR) is 129 cm³/mol. The van der Waals surface area contributed by atoms with E-state index in [0.29, 0.717) is 29.2 Å². The molecule has 0 bridgehead atoms. The van der Waals surface area contributed by atoms with Crippen molar-refractivity contribution >= 4 is 17.5 Å². The highest BCUT2D eigenvalue weighted by molar-refractivity contribution is 6.03. The first-order valence-corrected chi connectivity index (χ1v) is 11.4. The van der Waals surface area contributed by atoms with Crippen LogP contribution in [0.5, 0.6) is 0 Å². The molecule has 1 aliphatic heterocycles. The Morgan fingerprint density at radius 3 is 2.55 bits per heavy atom. The second kappa shape index (κ2) is 10.8. The van der Waals surface area contributed by atoms with Crippen LogP contribution >= 0.6 is 0 Å². The molecule has 170 valence electrons. The molecule has 1 aliphatic rings. The maximum absolute atomic E-state index is 12.8. The van der Waals surface area contributed by atoms with E-state index in [9.17, 15) is 9.59 Å². The lowest BCUT2D eigenvalue weighted by Gasteiger charge is -2.26. The molecule has 2 amide bonds. The van der Waals surface area contributed by atoms with Gasteiger partial charge < -0.3 is 15.5 Å². The molecule has 2 N–H and O–H groups in total. The number of rotatable bonds is 7. The van der Waals surface area contributed by atoms with Crippen LogP contribution in [0.1, 0.15) is 45.8 Å².